The largest absolute Gasteiger partial charge is 0.488 e. The highest BCUT2D eigenvalue weighted by Gasteiger charge is 2.15. The van der Waals surface area contributed by atoms with Gasteiger partial charge in [0.05, 0.1) is 0 Å². The Morgan fingerprint density at radius 2 is 1.74 bits per heavy atom. The first-order valence-corrected chi connectivity index (χ1v) is 7.06. The molecule has 1 N–H and O–H groups in total. The van der Waals surface area contributed by atoms with Crippen molar-refractivity contribution in [2.45, 2.75) is 6.61 Å². The number of carboxylic acids is 1. The lowest BCUT2D eigenvalue weighted by atomic mass is 10.2. The van der Waals surface area contributed by atoms with Crippen LogP contribution < -0.4 is 4.74 Å². The summed E-state index contributed by atoms with van der Waals surface area (Å²) >= 11 is 6.64. The van der Waals surface area contributed by atoms with E-state index < -0.39 is 5.97 Å². The van der Waals surface area contributed by atoms with Gasteiger partial charge < -0.3 is 9.84 Å². The van der Waals surface area contributed by atoms with Crippen LogP contribution in [-0.4, -0.2) is 11.1 Å². The zero-order valence-corrected chi connectivity index (χ0v) is 12.9. The summed E-state index contributed by atoms with van der Waals surface area (Å²) in [6.45, 7) is 0.304. The predicted octanol–water partition coefficient (Wildman–Crippen LogP) is 4.49. The van der Waals surface area contributed by atoms with E-state index in [1.165, 1.54) is 0 Å². The Bertz CT molecular complexity index is 611. The minimum atomic E-state index is -1.02. The fraction of sp³-hybridized carbons (Fsp3) is 0.0714. The molecule has 19 heavy (non-hydrogen) atoms. The van der Waals surface area contributed by atoms with Crippen molar-refractivity contribution in [3.63, 3.8) is 0 Å². The summed E-state index contributed by atoms with van der Waals surface area (Å²) in [6.07, 6.45) is 0. The molecule has 0 atom stereocenters. The standard InChI is InChI=1S/C14H10Br2O3/c15-10-5-2-1-4-9(10)8-19-12-7-3-6-11(16)13(12)14(17)18/h1-7H,8H2,(H,17,18). The molecule has 0 aromatic heterocycles. The molecule has 0 saturated heterocycles. The van der Waals surface area contributed by atoms with Crippen LogP contribution in [0.2, 0.25) is 0 Å². The molecular formula is C14H10Br2O3. The SMILES string of the molecule is O=C(O)c1c(Br)cccc1OCc1ccccc1Br. The van der Waals surface area contributed by atoms with Crippen LogP contribution in [0.3, 0.4) is 0 Å². The Labute approximate surface area is 127 Å². The normalized spacial score (nSPS) is 10.2. The molecule has 0 fully saturated rings. The number of halogens is 2. The molecule has 98 valence electrons. The molecule has 3 nitrogen and oxygen atoms in total. The van der Waals surface area contributed by atoms with Crippen molar-refractivity contribution in [2.24, 2.45) is 0 Å². The number of carboxylic acid groups (broad SMARTS) is 1. The summed E-state index contributed by atoms with van der Waals surface area (Å²) in [7, 11) is 0. The van der Waals surface area contributed by atoms with Gasteiger partial charge in [-0.25, -0.2) is 4.79 Å². The van der Waals surface area contributed by atoms with Gasteiger partial charge in [0.25, 0.3) is 0 Å². The molecule has 0 heterocycles. The second-order valence-electron chi connectivity index (χ2n) is 3.80. The smallest absolute Gasteiger partial charge is 0.340 e. The van der Waals surface area contributed by atoms with Gasteiger partial charge in [-0.3, -0.25) is 0 Å². The molecule has 5 heteroatoms. The third kappa shape index (κ3) is 3.36. The molecule has 0 aliphatic heterocycles. The highest BCUT2D eigenvalue weighted by atomic mass is 79.9. The molecule has 0 unspecified atom stereocenters. The summed E-state index contributed by atoms with van der Waals surface area (Å²) in [5.74, 6) is -0.674. The first-order chi connectivity index (χ1) is 9.09. The summed E-state index contributed by atoms with van der Waals surface area (Å²) in [5.41, 5.74) is 1.09. The average Bonchev–Trinajstić information content (AvgIpc) is 2.37. The van der Waals surface area contributed by atoms with Crippen LogP contribution in [0.4, 0.5) is 0 Å². The van der Waals surface area contributed by atoms with E-state index in [9.17, 15) is 9.90 Å². The summed E-state index contributed by atoms with van der Waals surface area (Å²) in [5, 5.41) is 9.18. The van der Waals surface area contributed by atoms with Crippen molar-refractivity contribution >= 4 is 37.8 Å². The monoisotopic (exact) mass is 384 g/mol. The number of benzene rings is 2. The predicted molar refractivity (Wildman–Crippen MR) is 79.6 cm³/mol. The van der Waals surface area contributed by atoms with Crippen LogP contribution in [0.25, 0.3) is 0 Å². The van der Waals surface area contributed by atoms with E-state index in [2.05, 4.69) is 31.9 Å². The molecular weight excluding hydrogens is 376 g/mol. The van der Waals surface area contributed by atoms with Crippen molar-refractivity contribution in [3.8, 4) is 5.75 Å². The Balaban J connectivity index is 2.23. The molecule has 0 radical (unpaired) electrons. The van der Waals surface area contributed by atoms with Crippen LogP contribution in [0.1, 0.15) is 15.9 Å². The van der Waals surface area contributed by atoms with Crippen molar-refractivity contribution in [1.29, 1.82) is 0 Å². The van der Waals surface area contributed by atoms with Crippen LogP contribution >= 0.6 is 31.9 Å². The van der Waals surface area contributed by atoms with Gasteiger partial charge in [0.15, 0.2) is 0 Å². The molecule has 0 spiro atoms. The average molecular weight is 386 g/mol. The van der Waals surface area contributed by atoms with Crippen molar-refractivity contribution in [2.75, 3.05) is 0 Å². The van der Waals surface area contributed by atoms with Gasteiger partial charge in [-0.2, -0.15) is 0 Å². The van der Waals surface area contributed by atoms with Crippen LogP contribution in [-0.2, 0) is 6.61 Å². The number of rotatable bonds is 4. The first kappa shape index (κ1) is 14.1. The number of carbonyl (C=O) groups is 1. The van der Waals surface area contributed by atoms with E-state index in [1.807, 2.05) is 24.3 Å². The van der Waals surface area contributed by atoms with Gasteiger partial charge in [-0.15, -0.1) is 0 Å². The van der Waals surface area contributed by atoms with E-state index in [0.29, 0.717) is 16.8 Å². The van der Waals surface area contributed by atoms with Crippen LogP contribution in [0.15, 0.2) is 51.4 Å². The van der Waals surface area contributed by atoms with E-state index >= 15 is 0 Å². The second kappa shape index (κ2) is 6.21. The third-order valence-electron chi connectivity index (χ3n) is 2.53. The highest BCUT2D eigenvalue weighted by molar-refractivity contribution is 9.10. The lowest BCUT2D eigenvalue weighted by Gasteiger charge is -2.11. The zero-order valence-electron chi connectivity index (χ0n) is 9.77. The number of hydrogen-bond donors (Lipinski definition) is 1. The Hall–Kier alpha value is -1.33. The summed E-state index contributed by atoms with van der Waals surface area (Å²) < 4.78 is 7.04. The minimum absolute atomic E-state index is 0.134. The Kier molecular flexibility index (Phi) is 4.61. The Morgan fingerprint density at radius 3 is 2.42 bits per heavy atom. The zero-order chi connectivity index (χ0) is 13.8. The van der Waals surface area contributed by atoms with Crippen molar-refractivity contribution < 1.29 is 14.6 Å². The van der Waals surface area contributed by atoms with Gasteiger partial charge in [-0.1, -0.05) is 40.2 Å². The first-order valence-electron chi connectivity index (χ1n) is 5.47. The van der Waals surface area contributed by atoms with E-state index in [-0.39, 0.29) is 5.56 Å². The molecule has 0 aliphatic carbocycles. The lowest BCUT2D eigenvalue weighted by Crippen LogP contribution is -2.04. The molecule has 0 amide bonds. The second-order valence-corrected chi connectivity index (χ2v) is 5.51. The topological polar surface area (TPSA) is 46.5 Å². The van der Waals surface area contributed by atoms with Gasteiger partial charge in [0, 0.05) is 14.5 Å². The van der Waals surface area contributed by atoms with E-state index in [1.54, 1.807) is 18.2 Å². The minimum Gasteiger partial charge on any atom is -0.488 e. The van der Waals surface area contributed by atoms with Crippen LogP contribution in [0.5, 0.6) is 5.75 Å². The Morgan fingerprint density at radius 1 is 1.05 bits per heavy atom. The molecule has 2 aromatic carbocycles. The quantitative estimate of drug-likeness (QED) is 0.843. The maximum absolute atomic E-state index is 11.2. The molecule has 0 aliphatic rings. The molecule has 2 aromatic rings. The maximum atomic E-state index is 11.2. The maximum Gasteiger partial charge on any atom is 0.340 e. The highest BCUT2D eigenvalue weighted by Crippen LogP contribution is 2.28. The van der Waals surface area contributed by atoms with E-state index in [4.69, 9.17) is 4.74 Å². The van der Waals surface area contributed by atoms with Crippen molar-refractivity contribution in [3.05, 3.63) is 62.5 Å². The van der Waals surface area contributed by atoms with Crippen LogP contribution in [0, 0.1) is 0 Å². The van der Waals surface area contributed by atoms with Gasteiger partial charge in [0.2, 0.25) is 0 Å². The number of hydrogen-bond acceptors (Lipinski definition) is 2. The fourth-order valence-corrected chi connectivity index (χ4v) is 2.52. The molecule has 0 bridgehead atoms. The number of aromatic carboxylic acids is 1. The molecule has 2 rings (SSSR count). The van der Waals surface area contributed by atoms with Crippen molar-refractivity contribution in [1.82, 2.24) is 0 Å². The molecule has 0 saturated carbocycles. The van der Waals surface area contributed by atoms with Gasteiger partial charge >= 0.3 is 5.97 Å². The lowest BCUT2D eigenvalue weighted by molar-refractivity contribution is 0.0690. The summed E-state index contributed by atoms with van der Waals surface area (Å²) in [4.78, 5) is 11.2. The summed E-state index contributed by atoms with van der Waals surface area (Å²) in [6, 6.07) is 12.7. The third-order valence-corrected chi connectivity index (χ3v) is 3.96. The fourth-order valence-electron chi connectivity index (χ4n) is 1.60. The van der Waals surface area contributed by atoms with Gasteiger partial charge in [0.1, 0.15) is 17.9 Å². The number of ether oxygens (including phenoxy) is 1. The van der Waals surface area contributed by atoms with E-state index in [0.717, 1.165) is 10.0 Å². The van der Waals surface area contributed by atoms with Gasteiger partial charge in [-0.05, 0) is 34.1 Å².